The molecule has 0 saturated heterocycles. The summed E-state index contributed by atoms with van der Waals surface area (Å²) in [5.74, 6) is 0. The average molecular weight is 239 g/mol. The zero-order chi connectivity index (χ0) is 11.4. The highest BCUT2D eigenvalue weighted by molar-refractivity contribution is 7.13. The molecule has 1 saturated carbocycles. The number of nitrogens with zero attached hydrogens (tertiary/aromatic N) is 2. The summed E-state index contributed by atoms with van der Waals surface area (Å²) < 4.78 is 0. The largest absolute Gasteiger partial charge is 0.360 e. The van der Waals surface area contributed by atoms with Crippen LogP contribution in [0.3, 0.4) is 0 Å². The van der Waals surface area contributed by atoms with Crippen molar-refractivity contribution in [3.63, 3.8) is 0 Å². The first-order valence-electron chi connectivity index (χ1n) is 6.12. The highest BCUT2D eigenvalue weighted by Gasteiger charge is 2.18. The number of thiazole rings is 1. The van der Waals surface area contributed by atoms with Crippen LogP contribution in [0.5, 0.6) is 0 Å². The molecule has 2 rings (SSSR count). The van der Waals surface area contributed by atoms with Crippen molar-refractivity contribution in [1.29, 1.82) is 0 Å². The van der Waals surface area contributed by atoms with Crippen LogP contribution in [0.2, 0.25) is 0 Å². The molecule has 1 fully saturated rings. The van der Waals surface area contributed by atoms with Gasteiger partial charge in [0.15, 0.2) is 5.13 Å². The number of hydrogen-bond donors (Lipinski definition) is 1. The third-order valence-corrected chi connectivity index (χ3v) is 4.23. The first-order valence-corrected chi connectivity index (χ1v) is 7.00. The van der Waals surface area contributed by atoms with Crippen molar-refractivity contribution in [3.8, 4) is 0 Å². The van der Waals surface area contributed by atoms with Gasteiger partial charge in [-0.25, -0.2) is 4.98 Å². The van der Waals surface area contributed by atoms with Crippen LogP contribution < -0.4 is 5.32 Å². The molecule has 1 N–H and O–H groups in total. The van der Waals surface area contributed by atoms with Gasteiger partial charge in [0.05, 0.1) is 5.69 Å². The Morgan fingerprint density at radius 2 is 2.25 bits per heavy atom. The van der Waals surface area contributed by atoms with Crippen molar-refractivity contribution in [1.82, 2.24) is 9.88 Å². The zero-order valence-electron chi connectivity index (χ0n) is 10.2. The monoisotopic (exact) mass is 239 g/mol. The Balaban J connectivity index is 1.67. The SMILES string of the molecule is Cc1csc(NCCN(C)C2CCCC2)n1. The minimum atomic E-state index is 0.819. The smallest absolute Gasteiger partial charge is 0.182 e. The Bertz CT molecular complexity index is 318. The molecule has 1 aromatic heterocycles. The standard InChI is InChI=1S/C12H21N3S/c1-10-9-16-12(14-10)13-7-8-15(2)11-5-3-4-6-11/h9,11H,3-8H2,1-2H3,(H,13,14). The van der Waals surface area contributed by atoms with E-state index in [1.165, 1.54) is 25.7 Å². The molecule has 90 valence electrons. The fraction of sp³-hybridized carbons (Fsp3) is 0.750. The van der Waals surface area contributed by atoms with Gasteiger partial charge >= 0.3 is 0 Å². The van der Waals surface area contributed by atoms with E-state index in [9.17, 15) is 0 Å². The van der Waals surface area contributed by atoms with E-state index in [1.54, 1.807) is 11.3 Å². The maximum atomic E-state index is 4.39. The van der Waals surface area contributed by atoms with Crippen molar-refractivity contribution in [2.45, 2.75) is 38.6 Å². The molecule has 1 aliphatic carbocycles. The summed E-state index contributed by atoms with van der Waals surface area (Å²) in [5, 5.41) is 6.52. The maximum absolute atomic E-state index is 4.39. The van der Waals surface area contributed by atoms with Crippen LogP contribution in [0.1, 0.15) is 31.4 Å². The fourth-order valence-corrected chi connectivity index (χ4v) is 3.02. The molecule has 0 spiro atoms. The molecule has 0 amide bonds. The van der Waals surface area contributed by atoms with Gasteiger partial charge in [0, 0.05) is 24.5 Å². The Morgan fingerprint density at radius 1 is 1.50 bits per heavy atom. The van der Waals surface area contributed by atoms with Crippen LogP contribution in [0.4, 0.5) is 5.13 Å². The van der Waals surface area contributed by atoms with Crippen molar-refractivity contribution < 1.29 is 0 Å². The van der Waals surface area contributed by atoms with Crippen LogP contribution in [0, 0.1) is 6.92 Å². The summed E-state index contributed by atoms with van der Waals surface area (Å²) in [5.41, 5.74) is 1.11. The second-order valence-corrected chi connectivity index (χ2v) is 5.50. The molecule has 3 nitrogen and oxygen atoms in total. The van der Waals surface area contributed by atoms with E-state index in [0.29, 0.717) is 0 Å². The van der Waals surface area contributed by atoms with Crippen molar-refractivity contribution in [2.75, 3.05) is 25.5 Å². The Morgan fingerprint density at radius 3 is 2.88 bits per heavy atom. The van der Waals surface area contributed by atoms with Gasteiger partial charge in [0.1, 0.15) is 0 Å². The van der Waals surface area contributed by atoms with Gasteiger partial charge in [0.25, 0.3) is 0 Å². The lowest BCUT2D eigenvalue weighted by molar-refractivity contribution is 0.254. The van der Waals surface area contributed by atoms with E-state index in [-0.39, 0.29) is 0 Å². The highest BCUT2D eigenvalue weighted by Crippen LogP contribution is 2.22. The van der Waals surface area contributed by atoms with Crippen molar-refractivity contribution >= 4 is 16.5 Å². The van der Waals surface area contributed by atoms with E-state index in [0.717, 1.165) is 30.0 Å². The minimum absolute atomic E-state index is 0.819. The van der Waals surface area contributed by atoms with Crippen molar-refractivity contribution in [2.24, 2.45) is 0 Å². The minimum Gasteiger partial charge on any atom is -0.360 e. The summed E-state index contributed by atoms with van der Waals surface area (Å²) in [6.07, 6.45) is 5.59. The molecule has 0 unspecified atom stereocenters. The first kappa shape index (κ1) is 11.9. The molecule has 16 heavy (non-hydrogen) atoms. The molecule has 4 heteroatoms. The first-order chi connectivity index (χ1) is 7.75. The third kappa shape index (κ3) is 3.19. The van der Waals surface area contributed by atoms with Gasteiger partial charge in [0.2, 0.25) is 0 Å². The average Bonchev–Trinajstić information content (AvgIpc) is 2.89. The zero-order valence-corrected chi connectivity index (χ0v) is 11.0. The summed E-state index contributed by atoms with van der Waals surface area (Å²) in [6, 6.07) is 0.819. The van der Waals surface area contributed by atoms with E-state index in [1.807, 2.05) is 6.92 Å². The highest BCUT2D eigenvalue weighted by atomic mass is 32.1. The summed E-state index contributed by atoms with van der Waals surface area (Å²) in [6.45, 7) is 4.15. The van der Waals surface area contributed by atoms with Crippen LogP contribution in [0.15, 0.2) is 5.38 Å². The summed E-state index contributed by atoms with van der Waals surface area (Å²) in [7, 11) is 2.24. The van der Waals surface area contributed by atoms with Gasteiger partial charge < -0.3 is 10.2 Å². The predicted octanol–water partition coefficient (Wildman–Crippen LogP) is 2.74. The number of hydrogen-bond acceptors (Lipinski definition) is 4. The number of likely N-dealkylation sites (N-methyl/N-ethyl adjacent to an activating group) is 1. The lowest BCUT2D eigenvalue weighted by Crippen LogP contribution is -2.33. The molecule has 0 radical (unpaired) electrons. The molecule has 0 aliphatic heterocycles. The molecule has 0 atom stereocenters. The third-order valence-electron chi connectivity index (χ3n) is 3.31. The van der Waals surface area contributed by atoms with Gasteiger partial charge in [-0.1, -0.05) is 12.8 Å². The molecular weight excluding hydrogens is 218 g/mol. The Hall–Kier alpha value is -0.610. The van der Waals surface area contributed by atoms with Gasteiger partial charge in [-0.2, -0.15) is 0 Å². The molecule has 0 bridgehead atoms. The van der Waals surface area contributed by atoms with Crippen LogP contribution >= 0.6 is 11.3 Å². The second-order valence-electron chi connectivity index (χ2n) is 4.64. The molecule has 1 aliphatic rings. The molecule has 1 heterocycles. The van der Waals surface area contributed by atoms with Crippen molar-refractivity contribution in [3.05, 3.63) is 11.1 Å². The Kier molecular flexibility index (Phi) is 4.18. The van der Waals surface area contributed by atoms with E-state index in [4.69, 9.17) is 0 Å². The number of aromatic nitrogens is 1. The number of anilines is 1. The molecule has 1 aromatic rings. The van der Waals surface area contributed by atoms with Crippen LogP contribution in [-0.4, -0.2) is 36.1 Å². The lowest BCUT2D eigenvalue weighted by Gasteiger charge is -2.23. The fourth-order valence-electron chi connectivity index (χ4n) is 2.30. The van der Waals surface area contributed by atoms with Gasteiger partial charge in [-0.05, 0) is 26.8 Å². The maximum Gasteiger partial charge on any atom is 0.182 e. The number of aryl methyl sites for hydroxylation is 1. The predicted molar refractivity (Wildman–Crippen MR) is 70.2 cm³/mol. The summed E-state index contributed by atoms with van der Waals surface area (Å²) >= 11 is 1.69. The summed E-state index contributed by atoms with van der Waals surface area (Å²) in [4.78, 5) is 6.88. The number of rotatable bonds is 5. The van der Waals surface area contributed by atoms with E-state index in [2.05, 4.69) is 27.6 Å². The lowest BCUT2D eigenvalue weighted by atomic mass is 10.2. The molecular formula is C12H21N3S. The number of nitrogens with one attached hydrogen (secondary N) is 1. The Labute approximate surface area is 102 Å². The van der Waals surface area contributed by atoms with Crippen LogP contribution in [0.25, 0.3) is 0 Å². The van der Waals surface area contributed by atoms with Crippen LogP contribution in [-0.2, 0) is 0 Å². The topological polar surface area (TPSA) is 28.2 Å². The quantitative estimate of drug-likeness (QED) is 0.856. The van der Waals surface area contributed by atoms with Gasteiger partial charge in [-0.15, -0.1) is 11.3 Å². The van der Waals surface area contributed by atoms with Gasteiger partial charge in [-0.3, -0.25) is 0 Å². The normalized spacial score (nSPS) is 17.2. The molecule has 0 aromatic carbocycles. The second kappa shape index (κ2) is 5.64. The van der Waals surface area contributed by atoms with E-state index < -0.39 is 0 Å². The van der Waals surface area contributed by atoms with E-state index >= 15 is 0 Å².